The number of halogens is 1. The Balaban J connectivity index is 2.07. The molecule has 0 radical (unpaired) electrons. The SMILES string of the molecule is COc1cc(Cl)c(C)cc1NCc1cnn(CCO)c1. The zero-order valence-electron chi connectivity index (χ0n) is 11.6. The fourth-order valence-corrected chi connectivity index (χ4v) is 2.04. The number of nitrogens with one attached hydrogen (secondary N) is 1. The topological polar surface area (TPSA) is 59.3 Å². The van der Waals surface area contributed by atoms with E-state index in [9.17, 15) is 0 Å². The van der Waals surface area contributed by atoms with Crippen molar-refractivity contribution in [3.63, 3.8) is 0 Å². The van der Waals surface area contributed by atoms with Crippen LogP contribution in [0.15, 0.2) is 24.5 Å². The Kier molecular flexibility index (Phi) is 4.87. The first kappa shape index (κ1) is 14.7. The molecule has 0 fully saturated rings. The molecule has 108 valence electrons. The van der Waals surface area contributed by atoms with Gasteiger partial charge in [0.25, 0.3) is 0 Å². The highest BCUT2D eigenvalue weighted by Gasteiger charge is 2.07. The minimum Gasteiger partial charge on any atom is -0.495 e. The lowest BCUT2D eigenvalue weighted by Gasteiger charge is -2.12. The second kappa shape index (κ2) is 6.63. The van der Waals surface area contributed by atoms with E-state index in [1.165, 1.54) is 0 Å². The number of rotatable bonds is 6. The van der Waals surface area contributed by atoms with Crippen LogP contribution in [0, 0.1) is 6.92 Å². The highest BCUT2D eigenvalue weighted by Crippen LogP contribution is 2.31. The number of methoxy groups -OCH3 is 1. The van der Waals surface area contributed by atoms with Crippen molar-refractivity contribution in [2.24, 2.45) is 0 Å². The van der Waals surface area contributed by atoms with Crippen molar-refractivity contribution in [1.82, 2.24) is 9.78 Å². The van der Waals surface area contributed by atoms with E-state index in [0.29, 0.717) is 23.9 Å². The van der Waals surface area contributed by atoms with Crippen LogP contribution in [0.4, 0.5) is 5.69 Å². The molecule has 0 saturated heterocycles. The average molecular weight is 296 g/mol. The third-order valence-electron chi connectivity index (χ3n) is 2.98. The molecular formula is C14H18ClN3O2. The predicted molar refractivity (Wildman–Crippen MR) is 79.4 cm³/mol. The Morgan fingerprint density at radius 1 is 1.45 bits per heavy atom. The van der Waals surface area contributed by atoms with E-state index in [2.05, 4.69) is 10.4 Å². The molecule has 2 N–H and O–H groups in total. The van der Waals surface area contributed by atoms with Crippen LogP contribution in [0.2, 0.25) is 5.02 Å². The van der Waals surface area contributed by atoms with Gasteiger partial charge in [-0.15, -0.1) is 0 Å². The maximum Gasteiger partial charge on any atom is 0.143 e. The summed E-state index contributed by atoms with van der Waals surface area (Å²) in [5.74, 6) is 0.711. The largest absolute Gasteiger partial charge is 0.495 e. The number of hydrogen-bond donors (Lipinski definition) is 2. The quantitative estimate of drug-likeness (QED) is 0.859. The van der Waals surface area contributed by atoms with Crippen LogP contribution in [-0.4, -0.2) is 28.6 Å². The van der Waals surface area contributed by atoms with Gasteiger partial charge in [-0.25, -0.2) is 0 Å². The molecule has 0 unspecified atom stereocenters. The molecule has 5 nitrogen and oxygen atoms in total. The molecule has 0 atom stereocenters. The molecule has 0 aliphatic rings. The van der Waals surface area contributed by atoms with Gasteiger partial charge in [0.15, 0.2) is 0 Å². The van der Waals surface area contributed by atoms with Crippen molar-refractivity contribution in [2.45, 2.75) is 20.0 Å². The summed E-state index contributed by atoms with van der Waals surface area (Å²) in [5, 5.41) is 17.0. The van der Waals surface area contributed by atoms with Gasteiger partial charge in [0.1, 0.15) is 5.75 Å². The van der Waals surface area contributed by atoms with Crippen LogP contribution >= 0.6 is 11.6 Å². The third-order valence-corrected chi connectivity index (χ3v) is 3.39. The number of benzene rings is 1. The van der Waals surface area contributed by atoms with Crippen molar-refractivity contribution in [3.05, 3.63) is 40.7 Å². The molecule has 0 aliphatic heterocycles. The van der Waals surface area contributed by atoms with Crippen LogP contribution in [-0.2, 0) is 13.1 Å². The lowest BCUT2D eigenvalue weighted by Crippen LogP contribution is -2.03. The first-order chi connectivity index (χ1) is 9.63. The number of aliphatic hydroxyl groups excluding tert-OH is 1. The summed E-state index contributed by atoms with van der Waals surface area (Å²) in [7, 11) is 1.62. The van der Waals surface area contributed by atoms with Gasteiger partial charge in [-0.05, 0) is 18.6 Å². The van der Waals surface area contributed by atoms with E-state index >= 15 is 0 Å². The van der Waals surface area contributed by atoms with Crippen molar-refractivity contribution < 1.29 is 9.84 Å². The van der Waals surface area contributed by atoms with Crippen molar-refractivity contribution in [2.75, 3.05) is 19.0 Å². The second-order valence-electron chi connectivity index (χ2n) is 4.49. The van der Waals surface area contributed by atoms with E-state index in [1.807, 2.05) is 19.2 Å². The maximum atomic E-state index is 8.86. The molecule has 1 aromatic carbocycles. The highest BCUT2D eigenvalue weighted by atomic mass is 35.5. The van der Waals surface area contributed by atoms with E-state index in [-0.39, 0.29) is 6.61 Å². The molecule has 2 aromatic rings. The minimum atomic E-state index is 0.0821. The third kappa shape index (κ3) is 3.43. The first-order valence-electron chi connectivity index (χ1n) is 6.34. The zero-order valence-corrected chi connectivity index (χ0v) is 12.3. The molecule has 6 heteroatoms. The fourth-order valence-electron chi connectivity index (χ4n) is 1.89. The van der Waals surface area contributed by atoms with Crippen LogP contribution in [0.3, 0.4) is 0 Å². The maximum absolute atomic E-state index is 8.86. The van der Waals surface area contributed by atoms with Crippen LogP contribution in [0.1, 0.15) is 11.1 Å². The predicted octanol–water partition coefficient (Wildman–Crippen LogP) is 2.46. The number of nitrogens with zero attached hydrogens (tertiary/aromatic N) is 2. The van der Waals surface area contributed by atoms with E-state index in [0.717, 1.165) is 16.8 Å². The molecule has 20 heavy (non-hydrogen) atoms. The van der Waals surface area contributed by atoms with Crippen LogP contribution in [0.25, 0.3) is 0 Å². The highest BCUT2D eigenvalue weighted by molar-refractivity contribution is 6.31. The zero-order chi connectivity index (χ0) is 14.5. The van der Waals surface area contributed by atoms with Crippen LogP contribution < -0.4 is 10.1 Å². The van der Waals surface area contributed by atoms with Crippen molar-refractivity contribution in [3.8, 4) is 5.75 Å². The Hall–Kier alpha value is -1.72. The number of aryl methyl sites for hydroxylation is 1. The molecule has 0 amide bonds. The summed E-state index contributed by atoms with van der Waals surface area (Å²) in [5.41, 5.74) is 2.92. The van der Waals surface area contributed by atoms with Gasteiger partial charge >= 0.3 is 0 Å². The second-order valence-corrected chi connectivity index (χ2v) is 4.90. The summed E-state index contributed by atoms with van der Waals surface area (Å²) in [4.78, 5) is 0. The lowest BCUT2D eigenvalue weighted by molar-refractivity contribution is 0.269. The van der Waals surface area contributed by atoms with Crippen LogP contribution in [0.5, 0.6) is 5.75 Å². The number of aromatic nitrogens is 2. The Bertz CT molecular complexity index is 584. The monoisotopic (exact) mass is 295 g/mol. The molecule has 0 saturated carbocycles. The van der Waals surface area contributed by atoms with Gasteiger partial charge in [-0.3, -0.25) is 4.68 Å². The summed E-state index contributed by atoms with van der Waals surface area (Å²) in [6.07, 6.45) is 3.68. The van der Waals surface area contributed by atoms with Gasteiger partial charge in [0, 0.05) is 29.4 Å². The smallest absolute Gasteiger partial charge is 0.143 e. The summed E-state index contributed by atoms with van der Waals surface area (Å²) < 4.78 is 7.02. The van der Waals surface area contributed by atoms with Gasteiger partial charge in [0.2, 0.25) is 0 Å². The van der Waals surface area contributed by atoms with E-state index in [1.54, 1.807) is 24.1 Å². The molecule has 1 aromatic heterocycles. The normalized spacial score (nSPS) is 10.6. The summed E-state index contributed by atoms with van der Waals surface area (Å²) >= 11 is 6.08. The van der Waals surface area contributed by atoms with E-state index < -0.39 is 0 Å². The fraction of sp³-hybridized carbons (Fsp3) is 0.357. The van der Waals surface area contributed by atoms with Gasteiger partial charge in [0.05, 0.1) is 32.1 Å². The van der Waals surface area contributed by atoms with Gasteiger partial charge in [-0.1, -0.05) is 11.6 Å². The minimum absolute atomic E-state index is 0.0821. The molecule has 0 aliphatic carbocycles. The van der Waals surface area contributed by atoms with E-state index in [4.69, 9.17) is 21.4 Å². The molecule has 0 bridgehead atoms. The van der Waals surface area contributed by atoms with Gasteiger partial charge < -0.3 is 15.2 Å². The summed E-state index contributed by atoms with van der Waals surface area (Å²) in [6.45, 7) is 3.16. The Morgan fingerprint density at radius 2 is 2.25 bits per heavy atom. The standard InChI is InChI=1S/C14H18ClN3O2/c1-10-5-13(14(20-2)6-12(10)15)16-7-11-8-17-18(9-11)3-4-19/h5-6,8-9,16,19H,3-4,7H2,1-2H3. The van der Waals surface area contributed by atoms with Crippen molar-refractivity contribution >= 4 is 17.3 Å². The number of aliphatic hydroxyl groups is 1. The number of hydrogen-bond acceptors (Lipinski definition) is 4. The Labute approximate surface area is 123 Å². The molecule has 2 rings (SSSR count). The average Bonchev–Trinajstić information content (AvgIpc) is 2.88. The lowest BCUT2D eigenvalue weighted by atomic mass is 10.2. The Morgan fingerprint density at radius 3 is 2.95 bits per heavy atom. The number of ether oxygens (including phenoxy) is 1. The number of anilines is 1. The summed E-state index contributed by atoms with van der Waals surface area (Å²) in [6, 6.07) is 3.76. The molecular weight excluding hydrogens is 278 g/mol. The molecule has 0 spiro atoms. The van der Waals surface area contributed by atoms with Crippen molar-refractivity contribution in [1.29, 1.82) is 0 Å². The van der Waals surface area contributed by atoms with Gasteiger partial charge in [-0.2, -0.15) is 5.10 Å². The first-order valence-corrected chi connectivity index (χ1v) is 6.72. The molecule has 1 heterocycles.